The molecule has 0 bridgehead atoms. The van der Waals surface area contributed by atoms with Crippen molar-refractivity contribution in [3.8, 4) is 0 Å². The number of nitrogens with zero attached hydrogens (tertiary/aromatic N) is 3. The lowest BCUT2D eigenvalue weighted by atomic mass is 9.99. The highest BCUT2D eigenvalue weighted by molar-refractivity contribution is 5.06. The fraction of sp³-hybridized carbons (Fsp3) is 0.750. The van der Waals surface area contributed by atoms with Gasteiger partial charge in [0.05, 0.1) is 6.61 Å². The van der Waals surface area contributed by atoms with E-state index in [1.54, 1.807) is 6.33 Å². The fourth-order valence-corrected chi connectivity index (χ4v) is 1.64. The van der Waals surface area contributed by atoms with Gasteiger partial charge in [-0.15, -0.1) is 0 Å². The van der Waals surface area contributed by atoms with Crippen LogP contribution >= 0.6 is 0 Å². The maximum atomic E-state index is 6.15. The standard InChI is InChI=1S/C8H14N4O/c1-2-12-7(10-6-11-12)8(9)3-4-13-5-8/h6H,2-5,9H2,1H3. The van der Waals surface area contributed by atoms with Crippen LogP contribution in [0.15, 0.2) is 6.33 Å². The van der Waals surface area contributed by atoms with Crippen LogP contribution in [-0.4, -0.2) is 28.0 Å². The van der Waals surface area contributed by atoms with Gasteiger partial charge < -0.3 is 10.5 Å². The van der Waals surface area contributed by atoms with E-state index in [9.17, 15) is 0 Å². The zero-order chi connectivity index (χ0) is 9.31. The SMILES string of the molecule is CCn1ncnc1C1(N)CCOC1. The monoisotopic (exact) mass is 182 g/mol. The third-order valence-corrected chi connectivity index (χ3v) is 2.41. The second kappa shape index (κ2) is 3.08. The summed E-state index contributed by atoms with van der Waals surface area (Å²) in [6.45, 7) is 4.09. The molecule has 0 spiro atoms. The van der Waals surface area contributed by atoms with Crippen LogP contribution in [0, 0.1) is 0 Å². The minimum atomic E-state index is -0.424. The smallest absolute Gasteiger partial charge is 0.149 e. The van der Waals surface area contributed by atoms with E-state index in [4.69, 9.17) is 10.5 Å². The summed E-state index contributed by atoms with van der Waals surface area (Å²) in [5, 5.41) is 4.09. The van der Waals surface area contributed by atoms with Crippen LogP contribution in [0.3, 0.4) is 0 Å². The summed E-state index contributed by atoms with van der Waals surface area (Å²) >= 11 is 0. The molecular formula is C8H14N4O. The number of aryl methyl sites for hydroxylation is 1. The molecule has 0 aliphatic carbocycles. The Morgan fingerprint density at radius 3 is 3.23 bits per heavy atom. The molecule has 72 valence electrons. The van der Waals surface area contributed by atoms with Crippen molar-refractivity contribution < 1.29 is 4.74 Å². The average Bonchev–Trinajstić information content (AvgIpc) is 2.72. The normalized spacial score (nSPS) is 28.2. The molecule has 1 aliphatic heterocycles. The van der Waals surface area contributed by atoms with E-state index < -0.39 is 5.54 Å². The zero-order valence-corrected chi connectivity index (χ0v) is 7.73. The van der Waals surface area contributed by atoms with Crippen LogP contribution in [0.4, 0.5) is 0 Å². The van der Waals surface area contributed by atoms with Gasteiger partial charge in [0.15, 0.2) is 0 Å². The fourth-order valence-electron chi connectivity index (χ4n) is 1.64. The minimum absolute atomic E-state index is 0.424. The quantitative estimate of drug-likeness (QED) is 0.692. The van der Waals surface area contributed by atoms with Gasteiger partial charge >= 0.3 is 0 Å². The molecule has 1 aliphatic rings. The molecular weight excluding hydrogens is 168 g/mol. The first-order valence-corrected chi connectivity index (χ1v) is 4.51. The summed E-state index contributed by atoms with van der Waals surface area (Å²) < 4.78 is 7.11. The molecule has 0 amide bonds. The van der Waals surface area contributed by atoms with E-state index in [0.29, 0.717) is 13.2 Å². The Balaban J connectivity index is 2.32. The summed E-state index contributed by atoms with van der Waals surface area (Å²) in [6, 6.07) is 0. The highest BCUT2D eigenvalue weighted by Gasteiger charge is 2.36. The van der Waals surface area contributed by atoms with Gasteiger partial charge in [-0.1, -0.05) is 0 Å². The second-order valence-electron chi connectivity index (χ2n) is 3.36. The Hall–Kier alpha value is -0.940. The van der Waals surface area contributed by atoms with Crippen LogP contribution in [0.25, 0.3) is 0 Å². The molecule has 1 aromatic rings. The van der Waals surface area contributed by atoms with Gasteiger partial charge in [-0.2, -0.15) is 5.10 Å². The first kappa shape index (κ1) is 8.65. The van der Waals surface area contributed by atoms with E-state index in [-0.39, 0.29) is 0 Å². The summed E-state index contributed by atoms with van der Waals surface area (Å²) in [5.41, 5.74) is 5.73. The van der Waals surface area contributed by atoms with Crippen LogP contribution in [0.1, 0.15) is 19.2 Å². The molecule has 2 N–H and O–H groups in total. The van der Waals surface area contributed by atoms with Crippen LogP contribution < -0.4 is 5.73 Å². The molecule has 0 radical (unpaired) electrons. The molecule has 1 aromatic heterocycles. The van der Waals surface area contributed by atoms with Gasteiger partial charge in [-0.25, -0.2) is 9.67 Å². The number of aromatic nitrogens is 3. The van der Waals surface area contributed by atoms with E-state index in [1.165, 1.54) is 0 Å². The number of ether oxygens (including phenoxy) is 1. The van der Waals surface area contributed by atoms with Crippen molar-refractivity contribution in [3.63, 3.8) is 0 Å². The Morgan fingerprint density at radius 1 is 1.77 bits per heavy atom. The van der Waals surface area contributed by atoms with Crippen molar-refractivity contribution in [1.82, 2.24) is 14.8 Å². The molecule has 2 heterocycles. The highest BCUT2D eigenvalue weighted by atomic mass is 16.5. The Kier molecular flexibility index (Phi) is 2.05. The second-order valence-corrected chi connectivity index (χ2v) is 3.36. The van der Waals surface area contributed by atoms with E-state index >= 15 is 0 Å². The Labute approximate surface area is 76.9 Å². The summed E-state index contributed by atoms with van der Waals surface area (Å²) in [6.07, 6.45) is 2.37. The molecule has 5 nitrogen and oxygen atoms in total. The number of rotatable bonds is 2. The summed E-state index contributed by atoms with van der Waals surface area (Å²) in [5.74, 6) is 0.840. The lowest BCUT2D eigenvalue weighted by Crippen LogP contribution is -2.40. The molecule has 13 heavy (non-hydrogen) atoms. The number of hydrogen-bond acceptors (Lipinski definition) is 4. The number of nitrogens with two attached hydrogens (primary N) is 1. The number of hydrogen-bond donors (Lipinski definition) is 1. The van der Waals surface area contributed by atoms with Crippen molar-refractivity contribution in [2.75, 3.05) is 13.2 Å². The molecule has 5 heteroatoms. The van der Waals surface area contributed by atoms with Gasteiger partial charge in [0.25, 0.3) is 0 Å². The molecule has 1 unspecified atom stereocenters. The lowest BCUT2D eigenvalue weighted by Gasteiger charge is -2.20. The van der Waals surface area contributed by atoms with Crippen molar-refractivity contribution >= 4 is 0 Å². The maximum absolute atomic E-state index is 6.15. The predicted octanol–water partition coefficient (Wildman–Crippen LogP) is -0.128. The average molecular weight is 182 g/mol. The topological polar surface area (TPSA) is 66.0 Å². The Morgan fingerprint density at radius 2 is 2.62 bits per heavy atom. The van der Waals surface area contributed by atoms with Crippen molar-refractivity contribution in [2.24, 2.45) is 5.73 Å². The summed E-state index contributed by atoms with van der Waals surface area (Å²) in [4.78, 5) is 4.19. The van der Waals surface area contributed by atoms with Crippen molar-refractivity contribution in [1.29, 1.82) is 0 Å². The first-order valence-electron chi connectivity index (χ1n) is 4.51. The highest BCUT2D eigenvalue weighted by Crippen LogP contribution is 2.25. The minimum Gasteiger partial charge on any atom is -0.379 e. The summed E-state index contributed by atoms with van der Waals surface area (Å²) in [7, 11) is 0. The predicted molar refractivity (Wildman–Crippen MR) is 47.0 cm³/mol. The van der Waals surface area contributed by atoms with E-state index in [0.717, 1.165) is 18.8 Å². The zero-order valence-electron chi connectivity index (χ0n) is 7.73. The van der Waals surface area contributed by atoms with Gasteiger partial charge in [0.1, 0.15) is 17.7 Å². The third-order valence-electron chi connectivity index (χ3n) is 2.41. The maximum Gasteiger partial charge on any atom is 0.149 e. The van der Waals surface area contributed by atoms with Gasteiger partial charge in [0.2, 0.25) is 0 Å². The van der Waals surface area contributed by atoms with Gasteiger partial charge in [0, 0.05) is 13.2 Å². The van der Waals surface area contributed by atoms with E-state index in [2.05, 4.69) is 10.1 Å². The van der Waals surface area contributed by atoms with Gasteiger partial charge in [-0.05, 0) is 13.3 Å². The van der Waals surface area contributed by atoms with Crippen LogP contribution in [0.2, 0.25) is 0 Å². The Bertz CT molecular complexity index is 290. The molecule has 1 atom stereocenters. The van der Waals surface area contributed by atoms with E-state index in [1.807, 2.05) is 11.6 Å². The van der Waals surface area contributed by atoms with Gasteiger partial charge in [-0.3, -0.25) is 0 Å². The van der Waals surface area contributed by atoms with Crippen molar-refractivity contribution in [2.45, 2.75) is 25.4 Å². The third kappa shape index (κ3) is 1.34. The van der Waals surface area contributed by atoms with Crippen molar-refractivity contribution in [3.05, 3.63) is 12.2 Å². The van der Waals surface area contributed by atoms with Crippen LogP contribution in [-0.2, 0) is 16.8 Å². The van der Waals surface area contributed by atoms with Crippen LogP contribution in [0.5, 0.6) is 0 Å². The largest absolute Gasteiger partial charge is 0.379 e. The molecule has 1 saturated heterocycles. The molecule has 0 aromatic carbocycles. The first-order chi connectivity index (χ1) is 6.26. The lowest BCUT2D eigenvalue weighted by molar-refractivity contribution is 0.175. The molecule has 1 fully saturated rings. The molecule has 2 rings (SSSR count). The molecule has 0 saturated carbocycles.